The Balaban J connectivity index is 1.26. The average molecular weight is 404 g/mol. The molecule has 0 bridgehead atoms. The van der Waals surface area contributed by atoms with Crippen LogP contribution in [0.4, 0.5) is 0 Å². The number of H-pyrrole nitrogens is 1. The Bertz CT molecular complexity index is 670. The second kappa shape index (κ2) is 9.71. The maximum absolute atomic E-state index is 12.7. The number of aromatic nitrogens is 2. The van der Waals surface area contributed by atoms with E-state index in [1.807, 2.05) is 11.1 Å². The molecule has 2 atom stereocenters. The number of ether oxygens (including phenoxy) is 1. The molecule has 1 aliphatic carbocycles. The summed E-state index contributed by atoms with van der Waals surface area (Å²) < 4.78 is 5.37. The fourth-order valence-corrected chi connectivity index (χ4v) is 4.49. The van der Waals surface area contributed by atoms with Gasteiger partial charge in [0.2, 0.25) is 11.8 Å². The summed E-state index contributed by atoms with van der Waals surface area (Å²) in [7, 11) is 0. The van der Waals surface area contributed by atoms with E-state index in [0.717, 1.165) is 30.9 Å². The summed E-state index contributed by atoms with van der Waals surface area (Å²) in [5.74, 6) is 1.11. The molecule has 8 nitrogen and oxygen atoms in total. The van der Waals surface area contributed by atoms with Gasteiger partial charge in [0.25, 0.3) is 0 Å². The molecule has 0 unspecified atom stereocenters. The third kappa shape index (κ3) is 5.79. The zero-order valence-electron chi connectivity index (χ0n) is 17.1. The number of hydrogen-bond acceptors (Lipinski definition) is 5. The first-order chi connectivity index (χ1) is 14.2. The van der Waals surface area contributed by atoms with Crippen molar-refractivity contribution in [2.24, 2.45) is 5.92 Å². The molecule has 0 radical (unpaired) electrons. The first-order valence-corrected chi connectivity index (χ1v) is 11.0. The molecule has 2 amide bonds. The van der Waals surface area contributed by atoms with Crippen molar-refractivity contribution in [3.63, 3.8) is 0 Å². The number of nitrogens with one attached hydrogen (secondary N) is 2. The second-order valence-corrected chi connectivity index (χ2v) is 8.63. The van der Waals surface area contributed by atoms with Crippen LogP contribution in [-0.4, -0.2) is 83.3 Å². The van der Waals surface area contributed by atoms with E-state index in [2.05, 4.69) is 20.4 Å². The first-order valence-electron chi connectivity index (χ1n) is 11.0. The van der Waals surface area contributed by atoms with Crippen LogP contribution >= 0.6 is 0 Å². The van der Waals surface area contributed by atoms with Crippen LogP contribution in [0, 0.1) is 5.92 Å². The van der Waals surface area contributed by atoms with Gasteiger partial charge in [-0.05, 0) is 43.6 Å². The lowest BCUT2D eigenvalue weighted by Gasteiger charge is -2.33. The molecule has 2 aliphatic heterocycles. The van der Waals surface area contributed by atoms with Crippen LogP contribution in [0.2, 0.25) is 0 Å². The highest BCUT2D eigenvalue weighted by atomic mass is 16.5. The minimum atomic E-state index is 0.0883. The molecule has 3 heterocycles. The largest absolute Gasteiger partial charge is 0.378 e. The Hall–Kier alpha value is -1.93. The number of hydrogen-bond donors (Lipinski definition) is 2. The van der Waals surface area contributed by atoms with Gasteiger partial charge in [-0.15, -0.1) is 0 Å². The quantitative estimate of drug-likeness (QED) is 0.641. The van der Waals surface area contributed by atoms with Gasteiger partial charge in [0.1, 0.15) is 0 Å². The molecule has 1 saturated carbocycles. The van der Waals surface area contributed by atoms with E-state index in [4.69, 9.17) is 4.74 Å². The predicted molar refractivity (Wildman–Crippen MR) is 108 cm³/mol. The second-order valence-electron chi connectivity index (χ2n) is 8.63. The Morgan fingerprint density at radius 2 is 1.97 bits per heavy atom. The molecule has 3 fully saturated rings. The SMILES string of the molecule is O=C(CCc1cn[nH]c1)NC[C@@H]1CC[C@H](CC(=O)N2CCOCC2)N1CC1CC1. The molecule has 2 saturated heterocycles. The van der Waals surface area contributed by atoms with Gasteiger partial charge in [0.05, 0.1) is 19.4 Å². The van der Waals surface area contributed by atoms with Gasteiger partial charge in [-0.1, -0.05) is 0 Å². The summed E-state index contributed by atoms with van der Waals surface area (Å²) >= 11 is 0. The molecule has 1 aromatic heterocycles. The molecule has 0 spiro atoms. The van der Waals surface area contributed by atoms with Crippen molar-refractivity contribution in [2.75, 3.05) is 39.4 Å². The molecular weight excluding hydrogens is 370 g/mol. The van der Waals surface area contributed by atoms with Crippen molar-refractivity contribution in [1.82, 2.24) is 25.3 Å². The van der Waals surface area contributed by atoms with Crippen molar-refractivity contribution < 1.29 is 14.3 Å². The highest BCUT2D eigenvalue weighted by Gasteiger charge is 2.38. The minimum Gasteiger partial charge on any atom is -0.378 e. The van der Waals surface area contributed by atoms with Crippen molar-refractivity contribution in [3.8, 4) is 0 Å². The van der Waals surface area contributed by atoms with Crippen LogP contribution in [0.1, 0.15) is 44.1 Å². The Morgan fingerprint density at radius 3 is 2.69 bits per heavy atom. The summed E-state index contributed by atoms with van der Waals surface area (Å²) in [4.78, 5) is 29.5. The summed E-state index contributed by atoms with van der Waals surface area (Å²) in [5.41, 5.74) is 1.05. The monoisotopic (exact) mass is 403 g/mol. The molecular formula is C21H33N5O3. The van der Waals surface area contributed by atoms with Crippen LogP contribution in [0.15, 0.2) is 12.4 Å². The number of rotatable bonds is 9. The number of morpholine rings is 1. The molecule has 0 aromatic carbocycles. The average Bonchev–Trinajstić information content (AvgIpc) is 3.26. The third-order valence-electron chi connectivity index (χ3n) is 6.44. The maximum atomic E-state index is 12.7. The maximum Gasteiger partial charge on any atom is 0.224 e. The van der Waals surface area contributed by atoms with E-state index >= 15 is 0 Å². The molecule has 160 valence electrons. The Labute approximate surface area is 172 Å². The summed E-state index contributed by atoms with van der Waals surface area (Å²) in [6.45, 7) is 4.47. The van der Waals surface area contributed by atoms with Crippen molar-refractivity contribution in [2.45, 2.75) is 57.0 Å². The van der Waals surface area contributed by atoms with E-state index in [-0.39, 0.29) is 11.8 Å². The topological polar surface area (TPSA) is 90.6 Å². The minimum absolute atomic E-state index is 0.0883. The first kappa shape index (κ1) is 20.3. The van der Waals surface area contributed by atoms with Gasteiger partial charge in [0, 0.05) is 57.3 Å². The van der Waals surface area contributed by atoms with Gasteiger partial charge in [-0.25, -0.2) is 0 Å². The lowest BCUT2D eigenvalue weighted by molar-refractivity contribution is -0.136. The smallest absolute Gasteiger partial charge is 0.224 e. The van der Waals surface area contributed by atoms with E-state index in [0.29, 0.717) is 64.2 Å². The number of nitrogens with zero attached hydrogens (tertiary/aromatic N) is 3. The van der Waals surface area contributed by atoms with Gasteiger partial charge in [-0.2, -0.15) is 5.10 Å². The molecule has 3 aliphatic rings. The van der Waals surface area contributed by atoms with Crippen molar-refractivity contribution >= 4 is 11.8 Å². The fourth-order valence-electron chi connectivity index (χ4n) is 4.49. The van der Waals surface area contributed by atoms with Crippen LogP contribution < -0.4 is 5.32 Å². The van der Waals surface area contributed by atoms with Crippen LogP contribution in [-0.2, 0) is 20.7 Å². The van der Waals surface area contributed by atoms with Gasteiger partial charge in [0.15, 0.2) is 0 Å². The number of aromatic amines is 1. The highest BCUT2D eigenvalue weighted by Crippen LogP contribution is 2.35. The van der Waals surface area contributed by atoms with Gasteiger partial charge >= 0.3 is 0 Å². The van der Waals surface area contributed by atoms with E-state index in [1.54, 1.807) is 6.20 Å². The van der Waals surface area contributed by atoms with Gasteiger partial charge in [-0.3, -0.25) is 19.6 Å². The molecule has 4 rings (SSSR count). The summed E-state index contributed by atoms with van der Waals surface area (Å²) in [6.07, 6.45) is 10.1. The zero-order chi connectivity index (χ0) is 20.1. The van der Waals surface area contributed by atoms with Crippen molar-refractivity contribution in [1.29, 1.82) is 0 Å². The number of carbonyl (C=O) groups excluding carboxylic acids is 2. The molecule has 8 heteroatoms. The molecule has 1 aromatic rings. The summed E-state index contributed by atoms with van der Waals surface area (Å²) in [5, 5.41) is 9.82. The lowest BCUT2D eigenvalue weighted by atomic mass is 10.1. The van der Waals surface area contributed by atoms with E-state index < -0.39 is 0 Å². The standard InChI is InChI=1S/C21H33N5O3/c27-20(6-3-17-12-23-24-13-17)22-14-19-5-4-18(26(19)15-16-1-2-16)11-21(28)25-7-9-29-10-8-25/h12-13,16,18-19H,1-11,14-15H2,(H,22,27)(H,23,24)/t18-,19+/m1/s1. The number of aryl methyl sites for hydroxylation is 1. The predicted octanol–water partition coefficient (Wildman–Crippen LogP) is 0.950. The van der Waals surface area contributed by atoms with Crippen LogP contribution in [0.25, 0.3) is 0 Å². The number of carbonyl (C=O) groups is 2. The van der Waals surface area contributed by atoms with Crippen LogP contribution in [0.5, 0.6) is 0 Å². The third-order valence-corrected chi connectivity index (χ3v) is 6.44. The molecule has 29 heavy (non-hydrogen) atoms. The van der Waals surface area contributed by atoms with Gasteiger partial charge < -0.3 is 15.0 Å². The van der Waals surface area contributed by atoms with E-state index in [9.17, 15) is 9.59 Å². The number of amides is 2. The number of likely N-dealkylation sites (tertiary alicyclic amines) is 1. The van der Waals surface area contributed by atoms with Crippen LogP contribution in [0.3, 0.4) is 0 Å². The lowest BCUT2D eigenvalue weighted by Crippen LogP contribution is -2.47. The molecule has 2 N–H and O–H groups in total. The normalized spacial score (nSPS) is 25.3. The highest BCUT2D eigenvalue weighted by molar-refractivity contribution is 5.77. The fraction of sp³-hybridized carbons (Fsp3) is 0.762. The summed E-state index contributed by atoms with van der Waals surface area (Å²) in [6, 6.07) is 0.648. The van der Waals surface area contributed by atoms with Crippen molar-refractivity contribution in [3.05, 3.63) is 18.0 Å². The Kier molecular flexibility index (Phi) is 6.82. The van der Waals surface area contributed by atoms with E-state index in [1.165, 1.54) is 12.8 Å². The zero-order valence-corrected chi connectivity index (χ0v) is 17.1. The Morgan fingerprint density at radius 1 is 1.17 bits per heavy atom.